The third-order valence-electron chi connectivity index (χ3n) is 4.15. The number of fused-ring (bicyclic) bond motifs is 1. The van der Waals surface area contributed by atoms with Crippen LogP contribution in [0.15, 0.2) is 65.3 Å². The van der Waals surface area contributed by atoms with Crippen LogP contribution in [0.3, 0.4) is 0 Å². The Bertz CT molecular complexity index is 1170. The first kappa shape index (κ1) is 18.0. The van der Waals surface area contributed by atoms with E-state index in [-0.39, 0.29) is 5.56 Å². The summed E-state index contributed by atoms with van der Waals surface area (Å²) in [6, 6.07) is 16.4. The van der Waals surface area contributed by atoms with Gasteiger partial charge in [-0.1, -0.05) is 63.4 Å². The first-order valence-corrected chi connectivity index (χ1v) is 9.45. The van der Waals surface area contributed by atoms with E-state index in [0.717, 1.165) is 21.3 Å². The summed E-state index contributed by atoms with van der Waals surface area (Å²) in [4.78, 5) is 16.4. The number of halogens is 3. The lowest BCUT2D eigenvalue weighted by Gasteiger charge is -2.07. The highest BCUT2D eigenvalue weighted by Gasteiger charge is 2.21. The van der Waals surface area contributed by atoms with E-state index in [0.29, 0.717) is 21.4 Å². The molecule has 0 unspecified atom stereocenters. The molecular formula is C20H11BrCl2N2O2. The highest BCUT2D eigenvalue weighted by molar-refractivity contribution is 9.10. The van der Waals surface area contributed by atoms with Gasteiger partial charge >= 0.3 is 5.97 Å². The van der Waals surface area contributed by atoms with Crippen molar-refractivity contribution in [2.75, 3.05) is 0 Å². The highest BCUT2D eigenvalue weighted by Crippen LogP contribution is 2.35. The summed E-state index contributed by atoms with van der Waals surface area (Å²) >= 11 is 15.6. The van der Waals surface area contributed by atoms with Crippen LogP contribution in [-0.2, 0) is 0 Å². The summed E-state index contributed by atoms with van der Waals surface area (Å²) in [5.41, 5.74) is 3.49. The fourth-order valence-corrected chi connectivity index (χ4v) is 3.56. The molecule has 0 radical (unpaired) electrons. The molecule has 0 aliphatic rings. The minimum absolute atomic E-state index is 0.0427. The number of aromatic nitrogens is 2. The molecule has 27 heavy (non-hydrogen) atoms. The van der Waals surface area contributed by atoms with E-state index >= 15 is 0 Å². The van der Waals surface area contributed by atoms with E-state index < -0.39 is 5.97 Å². The van der Waals surface area contributed by atoms with E-state index in [2.05, 4.69) is 20.9 Å². The molecule has 2 aromatic heterocycles. The zero-order chi connectivity index (χ0) is 19.1. The minimum Gasteiger partial charge on any atom is -0.478 e. The molecule has 1 N–H and O–H groups in total. The summed E-state index contributed by atoms with van der Waals surface area (Å²) in [6.45, 7) is 0. The third-order valence-corrected chi connectivity index (χ3v) is 5.14. The second kappa shape index (κ2) is 7.00. The highest BCUT2D eigenvalue weighted by atomic mass is 79.9. The predicted molar refractivity (Wildman–Crippen MR) is 111 cm³/mol. The van der Waals surface area contributed by atoms with Crippen LogP contribution < -0.4 is 0 Å². The predicted octanol–water partition coefficient (Wildman–Crippen LogP) is 6.44. The standard InChI is InChI=1S/C20H11BrCl2N2O2/c21-13-5-1-12(2-6-13)18-17(11-3-7-14(22)8-4-11)24-19-16(20(26)27)9-15(23)10-25(18)19/h1-10H,(H,26,27). The van der Waals surface area contributed by atoms with Crippen LogP contribution in [0.5, 0.6) is 0 Å². The number of imidazole rings is 1. The molecule has 7 heteroatoms. The Morgan fingerprint density at radius 1 is 0.963 bits per heavy atom. The van der Waals surface area contributed by atoms with Gasteiger partial charge in [0.25, 0.3) is 0 Å². The molecule has 4 aromatic rings. The Kier molecular flexibility index (Phi) is 4.68. The number of hydrogen-bond acceptors (Lipinski definition) is 2. The van der Waals surface area contributed by atoms with Gasteiger partial charge in [0, 0.05) is 26.8 Å². The molecule has 4 nitrogen and oxygen atoms in total. The van der Waals surface area contributed by atoms with E-state index in [9.17, 15) is 9.90 Å². The molecule has 134 valence electrons. The molecule has 0 saturated heterocycles. The lowest BCUT2D eigenvalue weighted by atomic mass is 10.1. The fraction of sp³-hybridized carbons (Fsp3) is 0. The number of nitrogens with zero attached hydrogens (tertiary/aromatic N) is 2. The van der Waals surface area contributed by atoms with Gasteiger partial charge in [0.1, 0.15) is 5.56 Å². The zero-order valence-corrected chi connectivity index (χ0v) is 16.8. The number of benzene rings is 2. The molecular weight excluding hydrogens is 451 g/mol. The Hall–Kier alpha value is -2.34. The molecule has 0 aliphatic heterocycles. The monoisotopic (exact) mass is 460 g/mol. The second-order valence-corrected chi connectivity index (χ2v) is 7.68. The summed E-state index contributed by atoms with van der Waals surface area (Å²) in [6.07, 6.45) is 1.67. The van der Waals surface area contributed by atoms with Crippen molar-refractivity contribution in [1.82, 2.24) is 9.38 Å². The number of carbonyl (C=O) groups is 1. The molecule has 0 aliphatic carbocycles. The molecule has 0 fully saturated rings. The molecule has 0 bridgehead atoms. The van der Waals surface area contributed by atoms with Crippen molar-refractivity contribution in [1.29, 1.82) is 0 Å². The molecule has 0 saturated carbocycles. The Balaban J connectivity index is 2.10. The maximum Gasteiger partial charge on any atom is 0.339 e. The number of hydrogen-bond donors (Lipinski definition) is 1. The van der Waals surface area contributed by atoms with Crippen molar-refractivity contribution in [3.05, 3.63) is 80.9 Å². The van der Waals surface area contributed by atoms with Crippen LogP contribution in [-0.4, -0.2) is 20.5 Å². The fourth-order valence-electron chi connectivity index (χ4n) is 2.96. The third kappa shape index (κ3) is 3.34. The van der Waals surface area contributed by atoms with Gasteiger partial charge in [0.05, 0.1) is 16.4 Å². The molecule has 0 spiro atoms. The first-order chi connectivity index (χ1) is 12.9. The van der Waals surface area contributed by atoms with Crippen LogP contribution >= 0.6 is 39.1 Å². The van der Waals surface area contributed by atoms with Gasteiger partial charge in [-0.3, -0.25) is 4.40 Å². The number of carboxylic acid groups (broad SMARTS) is 1. The van der Waals surface area contributed by atoms with Crippen molar-refractivity contribution < 1.29 is 9.90 Å². The second-order valence-electron chi connectivity index (χ2n) is 5.89. The van der Waals surface area contributed by atoms with Crippen molar-refractivity contribution in [2.24, 2.45) is 0 Å². The largest absolute Gasteiger partial charge is 0.478 e. The van der Waals surface area contributed by atoms with Gasteiger partial charge in [-0.05, 0) is 30.3 Å². The summed E-state index contributed by atoms with van der Waals surface area (Å²) in [5.74, 6) is -1.09. The summed E-state index contributed by atoms with van der Waals surface area (Å²) < 4.78 is 2.66. The Labute approximate surface area is 173 Å². The van der Waals surface area contributed by atoms with Gasteiger partial charge in [-0.2, -0.15) is 0 Å². The van der Waals surface area contributed by atoms with Crippen LogP contribution in [0.4, 0.5) is 0 Å². The van der Waals surface area contributed by atoms with Gasteiger partial charge in [-0.25, -0.2) is 9.78 Å². The molecule has 2 heterocycles. The Morgan fingerprint density at radius 2 is 1.59 bits per heavy atom. The van der Waals surface area contributed by atoms with Crippen LogP contribution in [0.1, 0.15) is 10.4 Å². The molecule has 2 aromatic carbocycles. The van der Waals surface area contributed by atoms with E-state index in [4.69, 9.17) is 23.2 Å². The van der Waals surface area contributed by atoms with Crippen molar-refractivity contribution in [2.45, 2.75) is 0 Å². The average Bonchev–Trinajstić information content (AvgIpc) is 3.01. The van der Waals surface area contributed by atoms with Gasteiger partial charge in [-0.15, -0.1) is 0 Å². The topological polar surface area (TPSA) is 54.6 Å². The van der Waals surface area contributed by atoms with Crippen molar-refractivity contribution in [3.63, 3.8) is 0 Å². The van der Waals surface area contributed by atoms with Crippen molar-refractivity contribution >= 4 is 50.7 Å². The first-order valence-electron chi connectivity index (χ1n) is 7.91. The van der Waals surface area contributed by atoms with Gasteiger partial charge in [0.15, 0.2) is 5.65 Å². The lowest BCUT2D eigenvalue weighted by Crippen LogP contribution is -2.01. The maximum absolute atomic E-state index is 11.7. The SMILES string of the molecule is O=C(O)c1cc(Cl)cn2c(-c3ccc(Br)cc3)c(-c3ccc(Cl)cc3)nc12. The number of pyridine rings is 1. The lowest BCUT2D eigenvalue weighted by molar-refractivity contribution is 0.0698. The van der Waals surface area contributed by atoms with Gasteiger partial charge in [0.2, 0.25) is 0 Å². The number of rotatable bonds is 3. The Morgan fingerprint density at radius 3 is 2.22 bits per heavy atom. The maximum atomic E-state index is 11.7. The normalized spacial score (nSPS) is 11.1. The smallest absolute Gasteiger partial charge is 0.339 e. The van der Waals surface area contributed by atoms with Crippen LogP contribution in [0, 0.1) is 0 Å². The van der Waals surface area contributed by atoms with E-state index in [1.807, 2.05) is 36.4 Å². The number of carboxylic acids is 1. The van der Waals surface area contributed by atoms with E-state index in [1.54, 1.807) is 22.7 Å². The minimum atomic E-state index is -1.09. The summed E-state index contributed by atoms with van der Waals surface area (Å²) in [5, 5.41) is 10.5. The quantitative estimate of drug-likeness (QED) is 0.382. The average molecular weight is 462 g/mol. The van der Waals surface area contributed by atoms with Crippen LogP contribution in [0.2, 0.25) is 10.0 Å². The summed E-state index contributed by atoms with van der Waals surface area (Å²) in [7, 11) is 0. The molecule has 0 atom stereocenters. The van der Waals surface area contributed by atoms with E-state index in [1.165, 1.54) is 6.07 Å². The molecule has 0 amide bonds. The molecule has 4 rings (SSSR count). The van der Waals surface area contributed by atoms with Gasteiger partial charge < -0.3 is 5.11 Å². The van der Waals surface area contributed by atoms with Crippen molar-refractivity contribution in [3.8, 4) is 22.5 Å². The zero-order valence-electron chi connectivity index (χ0n) is 13.7. The number of aromatic carboxylic acids is 1. The van der Waals surface area contributed by atoms with Crippen LogP contribution in [0.25, 0.3) is 28.2 Å².